The summed E-state index contributed by atoms with van der Waals surface area (Å²) in [5.74, 6) is 0.547. The second kappa shape index (κ2) is 7.75. The van der Waals surface area contributed by atoms with E-state index in [1.165, 1.54) is 0 Å². The van der Waals surface area contributed by atoms with Crippen molar-refractivity contribution in [3.8, 4) is 11.3 Å². The van der Waals surface area contributed by atoms with E-state index in [4.69, 9.17) is 16.1 Å². The van der Waals surface area contributed by atoms with Gasteiger partial charge in [0.2, 0.25) is 0 Å². The third-order valence-electron chi connectivity index (χ3n) is 4.57. The number of hydrogen-bond donors (Lipinski definition) is 1. The van der Waals surface area contributed by atoms with E-state index in [1.807, 2.05) is 42.5 Å². The Balaban J connectivity index is 1.98. The maximum Gasteiger partial charge on any atom is 0.261 e. The van der Waals surface area contributed by atoms with Crippen LogP contribution in [0.15, 0.2) is 53.1 Å². The number of carbonyl (C=O) groups is 1. The van der Waals surface area contributed by atoms with Crippen LogP contribution >= 0.6 is 11.6 Å². The summed E-state index contributed by atoms with van der Waals surface area (Å²) in [7, 11) is 0. The summed E-state index contributed by atoms with van der Waals surface area (Å²) in [6.07, 6.45) is 0.990. The number of hydrogen-bond acceptors (Lipinski definition) is 3. The third-order valence-corrected chi connectivity index (χ3v) is 4.90. The Kier molecular flexibility index (Phi) is 5.43. The smallest absolute Gasteiger partial charge is 0.261 e. The SMILES string of the molecule is CC[C@H](C)c1ccccc1NC(=O)c1c(-c2ccccc2Cl)noc1C. The van der Waals surface area contributed by atoms with E-state index in [2.05, 4.69) is 24.3 Å². The molecule has 2 aromatic carbocycles. The number of nitrogens with one attached hydrogen (secondary N) is 1. The molecule has 4 nitrogen and oxygen atoms in total. The number of halogens is 1. The molecule has 1 N–H and O–H groups in total. The van der Waals surface area contributed by atoms with Crippen LogP contribution in [0.5, 0.6) is 0 Å². The second-order valence-electron chi connectivity index (χ2n) is 6.29. The summed E-state index contributed by atoms with van der Waals surface area (Å²) < 4.78 is 5.29. The van der Waals surface area contributed by atoms with Crippen molar-refractivity contribution in [2.24, 2.45) is 0 Å². The topological polar surface area (TPSA) is 55.1 Å². The van der Waals surface area contributed by atoms with E-state index in [0.717, 1.165) is 17.7 Å². The summed E-state index contributed by atoms with van der Waals surface area (Å²) in [5.41, 5.74) is 3.43. The zero-order valence-electron chi connectivity index (χ0n) is 15.0. The highest BCUT2D eigenvalue weighted by Crippen LogP contribution is 2.32. The largest absolute Gasteiger partial charge is 0.360 e. The Hall–Kier alpha value is -2.59. The highest BCUT2D eigenvalue weighted by atomic mass is 35.5. The van der Waals surface area contributed by atoms with Crippen LogP contribution in [0.4, 0.5) is 5.69 Å². The lowest BCUT2D eigenvalue weighted by atomic mass is 9.96. The fourth-order valence-corrected chi connectivity index (χ4v) is 3.15. The van der Waals surface area contributed by atoms with Crippen molar-refractivity contribution in [3.05, 3.63) is 70.4 Å². The molecule has 26 heavy (non-hydrogen) atoms. The summed E-state index contributed by atoms with van der Waals surface area (Å²) >= 11 is 6.28. The first-order chi connectivity index (χ1) is 12.5. The van der Waals surface area contributed by atoms with Gasteiger partial charge in [0.05, 0.1) is 5.02 Å². The highest BCUT2D eigenvalue weighted by molar-refractivity contribution is 6.33. The number of benzene rings is 2. The average Bonchev–Trinajstić information content (AvgIpc) is 3.03. The molecule has 0 saturated heterocycles. The molecule has 134 valence electrons. The van der Waals surface area contributed by atoms with Gasteiger partial charge in [0.1, 0.15) is 17.0 Å². The molecular weight excluding hydrogens is 348 g/mol. The first-order valence-electron chi connectivity index (χ1n) is 8.64. The van der Waals surface area contributed by atoms with E-state index in [0.29, 0.717) is 33.5 Å². The fourth-order valence-electron chi connectivity index (χ4n) is 2.92. The predicted molar refractivity (Wildman–Crippen MR) is 105 cm³/mol. The first-order valence-corrected chi connectivity index (χ1v) is 9.02. The van der Waals surface area contributed by atoms with Gasteiger partial charge in [0.15, 0.2) is 0 Å². The molecule has 1 amide bonds. The van der Waals surface area contributed by atoms with Crippen LogP contribution in [-0.4, -0.2) is 11.1 Å². The second-order valence-corrected chi connectivity index (χ2v) is 6.70. The molecule has 0 aliphatic rings. The summed E-state index contributed by atoms with van der Waals surface area (Å²) in [6.45, 7) is 6.00. The standard InChI is InChI=1S/C21H21ClN2O2/c1-4-13(2)15-9-6-8-12-18(15)23-21(25)19-14(3)26-24-20(19)16-10-5-7-11-17(16)22/h5-13H,4H2,1-3H3,(H,23,25)/t13-/m0/s1. The van der Waals surface area contributed by atoms with Gasteiger partial charge in [-0.1, -0.05) is 67.0 Å². The molecule has 0 spiro atoms. The zero-order chi connectivity index (χ0) is 18.7. The Morgan fingerprint density at radius 2 is 1.88 bits per heavy atom. The van der Waals surface area contributed by atoms with Crippen molar-refractivity contribution < 1.29 is 9.32 Å². The van der Waals surface area contributed by atoms with Crippen molar-refractivity contribution in [3.63, 3.8) is 0 Å². The number of aromatic nitrogens is 1. The van der Waals surface area contributed by atoms with Gasteiger partial charge in [-0.05, 0) is 37.0 Å². The van der Waals surface area contributed by atoms with E-state index >= 15 is 0 Å². The summed E-state index contributed by atoms with van der Waals surface area (Å²) in [6, 6.07) is 15.1. The third kappa shape index (κ3) is 3.51. The maximum absolute atomic E-state index is 13.0. The summed E-state index contributed by atoms with van der Waals surface area (Å²) in [4.78, 5) is 13.0. The summed E-state index contributed by atoms with van der Waals surface area (Å²) in [5, 5.41) is 7.60. The Morgan fingerprint density at radius 3 is 2.62 bits per heavy atom. The number of nitrogens with zero attached hydrogens (tertiary/aromatic N) is 1. The van der Waals surface area contributed by atoms with Crippen molar-refractivity contribution in [1.29, 1.82) is 0 Å². The quantitative estimate of drug-likeness (QED) is 0.594. The van der Waals surface area contributed by atoms with Gasteiger partial charge in [0, 0.05) is 11.3 Å². The number of para-hydroxylation sites is 1. The van der Waals surface area contributed by atoms with E-state index in [1.54, 1.807) is 13.0 Å². The highest BCUT2D eigenvalue weighted by Gasteiger charge is 2.24. The molecule has 1 aromatic heterocycles. The number of amides is 1. The van der Waals surface area contributed by atoms with Gasteiger partial charge in [-0.15, -0.1) is 0 Å². The lowest BCUT2D eigenvalue weighted by Crippen LogP contribution is -2.15. The monoisotopic (exact) mass is 368 g/mol. The van der Waals surface area contributed by atoms with Crippen LogP contribution < -0.4 is 5.32 Å². The van der Waals surface area contributed by atoms with E-state index < -0.39 is 0 Å². The molecule has 3 aromatic rings. The molecule has 0 aliphatic heterocycles. The Morgan fingerprint density at radius 1 is 1.19 bits per heavy atom. The molecular formula is C21H21ClN2O2. The van der Waals surface area contributed by atoms with Gasteiger partial charge >= 0.3 is 0 Å². The minimum atomic E-state index is -0.255. The molecule has 0 fully saturated rings. The normalized spacial score (nSPS) is 12.0. The lowest BCUT2D eigenvalue weighted by Gasteiger charge is -2.15. The molecule has 1 heterocycles. The van der Waals surface area contributed by atoms with Crippen LogP contribution in [-0.2, 0) is 0 Å². The minimum Gasteiger partial charge on any atom is -0.360 e. The van der Waals surface area contributed by atoms with Gasteiger partial charge in [-0.3, -0.25) is 4.79 Å². The number of carbonyl (C=O) groups excluding carboxylic acids is 1. The van der Waals surface area contributed by atoms with Crippen LogP contribution in [0.1, 0.15) is 47.9 Å². The lowest BCUT2D eigenvalue weighted by molar-refractivity contribution is 0.102. The predicted octanol–water partition coefficient (Wildman–Crippen LogP) is 6.07. The van der Waals surface area contributed by atoms with Crippen molar-refractivity contribution >= 4 is 23.2 Å². The van der Waals surface area contributed by atoms with Crippen LogP contribution in [0, 0.1) is 6.92 Å². The van der Waals surface area contributed by atoms with E-state index in [-0.39, 0.29) is 5.91 Å². The molecule has 0 radical (unpaired) electrons. The van der Waals surface area contributed by atoms with Gasteiger partial charge in [-0.25, -0.2) is 0 Å². The van der Waals surface area contributed by atoms with Crippen molar-refractivity contribution in [2.75, 3.05) is 5.32 Å². The Labute approximate surface area is 158 Å². The molecule has 0 unspecified atom stereocenters. The van der Waals surface area contributed by atoms with Gasteiger partial charge in [-0.2, -0.15) is 0 Å². The zero-order valence-corrected chi connectivity index (χ0v) is 15.8. The van der Waals surface area contributed by atoms with Gasteiger partial charge < -0.3 is 9.84 Å². The molecule has 5 heteroatoms. The van der Waals surface area contributed by atoms with Crippen LogP contribution in [0.25, 0.3) is 11.3 Å². The molecule has 0 bridgehead atoms. The van der Waals surface area contributed by atoms with Gasteiger partial charge in [0.25, 0.3) is 5.91 Å². The Bertz CT molecular complexity index is 933. The number of rotatable bonds is 5. The minimum absolute atomic E-state index is 0.255. The number of aryl methyl sites for hydroxylation is 1. The number of anilines is 1. The van der Waals surface area contributed by atoms with Crippen molar-refractivity contribution in [1.82, 2.24) is 5.16 Å². The van der Waals surface area contributed by atoms with E-state index in [9.17, 15) is 4.79 Å². The van der Waals surface area contributed by atoms with Crippen molar-refractivity contribution in [2.45, 2.75) is 33.1 Å². The average molecular weight is 369 g/mol. The molecule has 0 aliphatic carbocycles. The maximum atomic E-state index is 13.0. The molecule has 0 saturated carbocycles. The molecule has 3 rings (SSSR count). The molecule has 1 atom stereocenters. The fraction of sp³-hybridized carbons (Fsp3) is 0.238. The van der Waals surface area contributed by atoms with Crippen LogP contribution in [0.3, 0.4) is 0 Å². The van der Waals surface area contributed by atoms with Crippen LogP contribution in [0.2, 0.25) is 5.02 Å². The first kappa shape index (κ1) is 18.2.